The van der Waals surface area contributed by atoms with Crippen molar-refractivity contribution in [3.63, 3.8) is 0 Å². The Labute approximate surface area is 181 Å². The molecule has 3 rings (SSSR count). The summed E-state index contributed by atoms with van der Waals surface area (Å²) >= 11 is 1.37. The molecule has 164 valence electrons. The second-order valence-electron chi connectivity index (χ2n) is 7.46. The second kappa shape index (κ2) is 9.42. The zero-order chi connectivity index (χ0) is 21.9. The number of methoxy groups -OCH3 is 1. The zero-order valence-electron chi connectivity index (χ0n) is 17.6. The van der Waals surface area contributed by atoms with Crippen LogP contribution in [-0.4, -0.2) is 57.0 Å². The first-order valence-electron chi connectivity index (χ1n) is 9.76. The van der Waals surface area contributed by atoms with Gasteiger partial charge in [-0.1, -0.05) is 13.8 Å². The van der Waals surface area contributed by atoms with Crippen LogP contribution in [0.1, 0.15) is 34.2 Å². The Balaban J connectivity index is 1.86. The maximum Gasteiger partial charge on any atom is 0.267 e. The van der Waals surface area contributed by atoms with Gasteiger partial charge in [-0.3, -0.25) is 4.79 Å². The summed E-state index contributed by atoms with van der Waals surface area (Å²) in [7, 11) is -2.36. The minimum Gasteiger partial charge on any atom is -0.495 e. The van der Waals surface area contributed by atoms with E-state index in [9.17, 15) is 13.2 Å². The normalized spacial score (nSPS) is 15.4. The van der Waals surface area contributed by atoms with Crippen molar-refractivity contribution in [2.24, 2.45) is 5.92 Å². The lowest BCUT2D eigenvalue weighted by Crippen LogP contribution is -2.40. The van der Waals surface area contributed by atoms with E-state index < -0.39 is 10.0 Å². The Bertz CT molecular complexity index is 1010. The van der Waals surface area contributed by atoms with Crippen LogP contribution in [0.4, 0.5) is 5.69 Å². The number of benzene rings is 1. The number of aryl methyl sites for hydroxylation is 1. The number of amides is 1. The number of thiazole rings is 1. The molecule has 2 heterocycles. The maximum atomic E-state index is 13.1. The molecule has 1 aromatic heterocycles. The zero-order valence-corrected chi connectivity index (χ0v) is 19.2. The fourth-order valence-electron chi connectivity index (χ4n) is 3.17. The number of carbonyl (C=O) groups is 1. The van der Waals surface area contributed by atoms with Crippen LogP contribution < -0.4 is 10.1 Å². The molecule has 0 atom stereocenters. The van der Waals surface area contributed by atoms with Crippen LogP contribution in [0.15, 0.2) is 23.1 Å². The summed E-state index contributed by atoms with van der Waals surface area (Å²) in [6.07, 6.45) is 0.809. The SMILES string of the molecule is COc1ccc(NC(=O)c2sc(CC(C)C)nc2C)cc1S(=O)(=O)N1CCOCC1. The third kappa shape index (κ3) is 5.00. The number of nitrogens with zero attached hydrogens (tertiary/aromatic N) is 2. The van der Waals surface area contributed by atoms with E-state index >= 15 is 0 Å². The van der Waals surface area contributed by atoms with Crippen LogP contribution in [0, 0.1) is 12.8 Å². The highest BCUT2D eigenvalue weighted by atomic mass is 32.2. The lowest BCUT2D eigenvalue weighted by Gasteiger charge is -2.26. The summed E-state index contributed by atoms with van der Waals surface area (Å²) in [6.45, 7) is 7.26. The molecule has 1 aliphatic heterocycles. The molecule has 30 heavy (non-hydrogen) atoms. The van der Waals surface area contributed by atoms with E-state index in [1.165, 1.54) is 28.8 Å². The predicted molar refractivity (Wildman–Crippen MR) is 116 cm³/mol. The molecule has 8 nitrogen and oxygen atoms in total. The van der Waals surface area contributed by atoms with E-state index in [1.807, 2.05) is 0 Å². The molecule has 0 spiro atoms. The Morgan fingerprint density at radius 1 is 1.33 bits per heavy atom. The molecule has 0 unspecified atom stereocenters. The van der Waals surface area contributed by atoms with Crippen molar-refractivity contribution < 1.29 is 22.7 Å². The standard InChI is InChI=1S/C20H27N3O5S2/c1-13(2)11-18-21-14(3)19(29-18)20(24)22-15-5-6-16(27-4)17(12-15)30(25,26)23-7-9-28-10-8-23/h5-6,12-13H,7-11H2,1-4H3,(H,22,24). The van der Waals surface area contributed by atoms with Crippen molar-refractivity contribution in [3.05, 3.63) is 33.8 Å². The van der Waals surface area contributed by atoms with Gasteiger partial charge in [-0.15, -0.1) is 11.3 Å². The van der Waals surface area contributed by atoms with Gasteiger partial charge in [0.15, 0.2) is 0 Å². The number of ether oxygens (including phenoxy) is 2. The molecule has 1 fully saturated rings. The molecule has 1 saturated heterocycles. The number of sulfonamides is 1. The first-order chi connectivity index (χ1) is 14.2. The summed E-state index contributed by atoms with van der Waals surface area (Å²) < 4.78 is 38.1. The number of carbonyl (C=O) groups excluding carboxylic acids is 1. The van der Waals surface area contributed by atoms with E-state index in [4.69, 9.17) is 9.47 Å². The molecule has 1 aromatic carbocycles. The topological polar surface area (TPSA) is 97.8 Å². The smallest absolute Gasteiger partial charge is 0.267 e. The van der Waals surface area contributed by atoms with Gasteiger partial charge in [-0.2, -0.15) is 4.31 Å². The molecular formula is C20H27N3O5S2. The van der Waals surface area contributed by atoms with Gasteiger partial charge in [0.2, 0.25) is 10.0 Å². The molecule has 0 bridgehead atoms. The number of morpholine rings is 1. The van der Waals surface area contributed by atoms with Gasteiger partial charge < -0.3 is 14.8 Å². The van der Waals surface area contributed by atoms with Gasteiger partial charge in [-0.05, 0) is 31.0 Å². The van der Waals surface area contributed by atoms with E-state index in [-0.39, 0.29) is 29.6 Å². The van der Waals surface area contributed by atoms with Crippen LogP contribution in [0.5, 0.6) is 5.75 Å². The quantitative estimate of drug-likeness (QED) is 0.692. The largest absolute Gasteiger partial charge is 0.495 e. The van der Waals surface area contributed by atoms with Gasteiger partial charge in [0.1, 0.15) is 15.5 Å². The number of aromatic nitrogens is 1. The van der Waals surface area contributed by atoms with Crippen molar-refractivity contribution in [2.75, 3.05) is 38.7 Å². The van der Waals surface area contributed by atoms with Gasteiger partial charge in [0.05, 0.1) is 31.0 Å². The van der Waals surface area contributed by atoms with Crippen molar-refractivity contribution in [2.45, 2.75) is 32.1 Å². The van der Waals surface area contributed by atoms with Gasteiger partial charge in [0.25, 0.3) is 5.91 Å². The fourth-order valence-corrected chi connectivity index (χ4v) is 5.93. The molecule has 1 amide bonds. The minimum atomic E-state index is -3.78. The highest BCUT2D eigenvalue weighted by Crippen LogP contribution is 2.31. The number of hydrogen-bond acceptors (Lipinski definition) is 7. The summed E-state index contributed by atoms with van der Waals surface area (Å²) in [5, 5.41) is 3.72. The molecule has 1 N–H and O–H groups in total. The molecule has 0 aliphatic carbocycles. The van der Waals surface area contributed by atoms with Gasteiger partial charge in [-0.25, -0.2) is 13.4 Å². The lowest BCUT2D eigenvalue weighted by atomic mass is 10.1. The second-order valence-corrected chi connectivity index (χ2v) is 10.4. The third-order valence-electron chi connectivity index (χ3n) is 4.64. The number of hydrogen-bond donors (Lipinski definition) is 1. The Morgan fingerprint density at radius 2 is 2.03 bits per heavy atom. The first kappa shape index (κ1) is 22.7. The monoisotopic (exact) mass is 453 g/mol. The average Bonchev–Trinajstić information content (AvgIpc) is 3.08. The van der Waals surface area contributed by atoms with Crippen LogP contribution in [0.25, 0.3) is 0 Å². The molecule has 0 saturated carbocycles. The summed E-state index contributed by atoms with van der Waals surface area (Å²) in [5.41, 5.74) is 1.05. The summed E-state index contributed by atoms with van der Waals surface area (Å²) in [4.78, 5) is 17.8. The number of rotatable bonds is 7. The van der Waals surface area contributed by atoms with Crippen molar-refractivity contribution >= 4 is 33.0 Å². The third-order valence-corrected chi connectivity index (χ3v) is 7.74. The van der Waals surface area contributed by atoms with E-state index in [0.717, 1.165) is 11.4 Å². The predicted octanol–water partition coefficient (Wildman–Crippen LogP) is 2.93. The number of nitrogens with one attached hydrogen (secondary N) is 1. The van der Waals surface area contributed by atoms with E-state index in [2.05, 4.69) is 24.1 Å². The van der Waals surface area contributed by atoms with Crippen molar-refractivity contribution in [3.8, 4) is 5.75 Å². The first-order valence-corrected chi connectivity index (χ1v) is 12.0. The van der Waals surface area contributed by atoms with Crippen LogP contribution >= 0.6 is 11.3 Å². The summed E-state index contributed by atoms with van der Waals surface area (Å²) in [5.74, 6) is 0.369. The molecule has 1 aliphatic rings. The molecule has 0 radical (unpaired) electrons. The van der Waals surface area contributed by atoms with Crippen molar-refractivity contribution in [1.82, 2.24) is 9.29 Å². The van der Waals surface area contributed by atoms with Crippen LogP contribution in [0.2, 0.25) is 0 Å². The van der Waals surface area contributed by atoms with Gasteiger partial charge >= 0.3 is 0 Å². The molecule has 2 aromatic rings. The Morgan fingerprint density at radius 3 is 2.67 bits per heavy atom. The highest BCUT2D eigenvalue weighted by molar-refractivity contribution is 7.89. The average molecular weight is 454 g/mol. The van der Waals surface area contributed by atoms with Crippen LogP contribution in [-0.2, 0) is 21.2 Å². The molecule has 10 heteroatoms. The Hall–Kier alpha value is -2.01. The fraction of sp³-hybridized carbons (Fsp3) is 0.500. The lowest BCUT2D eigenvalue weighted by molar-refractivity contribution is 0.0729. The van der Waals surface area contributed by atoms with Crippen molar-refractivity contribution in [1.29, 1.82) is 0 Å². The highest BCUT2D eigenvalue weighted by Gasteiger charge is 2.30. The van der Waals surface area contributed by atoms with E-state index in [1.54, 1.807) is 19.1 Å². The maximum absolute atomic E-state index is 13.1. The Kier molecular flexibility index (Phi) is 7.12. The van der Waals surface area contributed by atoms with Crippen LogP contribution in [0.3, 0.4) is 0 Å². The minimum absolute atomic E-state index is 0.0197. The number of anilines is 1. The molecular weight excluding hydrogens is 426 g/mol. The van der Waals surface area contributed by atoms with E-state index in [0.29, 0.717) is 35.4 Å². The van der Waals surface area contributed by atoms with Gasteiger partial charge in [0, 0.05) is 25.2 Å². The summed E-state index contributed by atoms with van der Waals surface area (Å²) in [6, 6.07) is 4.61.